The van der Waals surface area contributed by atoms with Crippen molar-refractivity contribution in [3.63, 3.8) is 0 Å². The normalized spacial score (nSPS) is 23.0. The van der Waals surface area contributed by atoms with Gasteiger partial charge in [-0.2, -0.15) is 0 Å². The predicted octanol–water partition coefficient (Wildman–Crippen LogP) is 7.75. The summed E-state index contributed by atoms with van der Waals surface area (Å²) in [5, 5.41) is 6.41. The molecule has 16 heteroatoms. The molecule has 1 aromatic carbocycles. The molecule has 5 atom stereocenters. The van der Waals surface area contributed by atoms with Crippen molar-refractivity contribution >= 4 is 84.3 Å². The summed E-state index contributed by atoms with van der Waals surface area (Å²) in [5.74, 6) is -1.47. The van der Waals surface area contributed by atoms with Crippen LogP contribution >= 0.6 is 45.9 Å². The average Bonchev–Trinajstić information content (AvgIpc) is 3.95. The number of halogens is 2. The first-order valence-electron chi connectivity index (χ1n) is 18.0. The second-order valence-corrected chi connectivity index (χ2v) is 20.3. The standard InChI is InChI=1S/C39H42Cl2N4O7S3/c1-6-21-16-39(21,37(48)44-55(49,50)24-8-9-24)17-31(46)30-14-23(52-35-26-13-22(40)7-10-25(26)32(51-5)18-42-35)19-45(30)36(47)27(38(2,3)4)15-33-43-29(20-54-33)34-28(41)11-12-53-34/h6-7,10-13,18,20-21,23-24,27,30H,1,8-9,14-17,19H2,2-5H3,(H,44,48)/t21-,23-,27-,30+,39-/m1/s1. The number of Topliss-reactive ketones (excluding diaryl/α,β-unsaturated/α-hetero) is 1. The maximum atomic E-state index is 14.9. The van der Waals surface area contributed by atoms with Gasteiger partial charge in [0.15, 0.2) is 5.78 Å². The zero-order valence-electron chi connectivity index (χ0n) is 30.8. The van der Waals surface area contributed by atoms with Crippen molar-refractivity contribution in [3.05, 3.63) is 68.9 Å². The summed E-state index contributed by atoms with van der Waals surface area (Å²) < 4.78 is 39.9. The average molecular weight is 846 g/mol. The highest BCUT2D eigenvalue weighted by Gasteiger charge is 2.61. The first-order valence-corrected chi connectivity index (χ1v) is 22.1. The Balaban J connectivity index is 1.19. The molecule has 11 nitrogen and oxygen atoms in total. The molecule has 3 aromatic heterocycles. The highest BCUT2D eigenvalue weighted by atomic mass is 35.5. The molecule has 0 spiro atoms. The molecule has 3 aliphatic rings. The number of ketones is 1. The van der Waals surface area contributed by atoms with Crippen molar-refractivity contribution < 1.29 is 32.3 Å². The summed E-state index contributed by atoms with van der Waals surface area (Å²) in [5.41, 5.74) is -1.07. The van der Waals surface area contributed by atoms with Crippen molar-refractivity contribution in [3.8, 4) is 22.2 Å². The fourth-order valence-corrected chi connectivity index (χ4v) is 11.0. The van der Waals surface area contributed by atoms with Crippen molar-refractivity contribution in [2.75, 3.05) is 13.7 Å². The summed E-state index contributed by atoms with van der Waals surface area (Å²) >= 11 is 15.7. The number of thiophene rings is 1. The van der Waals surface area contributed by atoms with Gasteiger partial charge in [-0.3, -0.25) is 19.1 Å². The molecule has 0 radical (unpaired) electrons. The molecular weight excluding hydrogens is 804 g/mol. The number of nitrogens with zero attached hydrogens (tertiary/aromatic N) is 3. The molecule has 55 heavy (non-hydrogen) atoms. The number of allylic oxidation sites excluding steroid dienone is 1. The van der Waals surface area contributed by atoms with Crippen LogP contribution in [0.4, 0.5) is 0 Å². The number of hydrogen-bond acceptors (Lipinski definition) is 11. The minimum atomic E-state index is -3.85. The van der Waals surface area contributed by atoms with Gasteiger partial charge in [0.2, 0.25) is 27.7 Å². The van der Waals surface area contributed by atoms with Gasteiger partial charge in [0, 0.05) is 46.4 Å². The number of methoxy groups -OCH3 is 1. The molecule has 292 valence electrons. The summed E-state index contributed by atoms with van der Waals surface area (Å²) in [4.78, 5) is 54.9. The number of sulfonamides is 1. The van der Waals surface area contributed by atoms with Crippen LogP contribution in [-0.2, 0) is 30.8 Å². The van der Waals surface area contributed by atoms with Crippen LogP contribution in [0.5, 0.6) is 11.6 Å². The van der Waals surface area contributed by atoms with Gasteiger partial charge in [0.25, 0.3) is 0 Å². The SMILES string of the molecule is C=C[C@@H]1C[C@]1(CC(=O)[C@@H]1C[C@@H](Oc2ncc(OC)c3ccc(Cl)cc23)CN1C(=O)[C@@H](Cc1nc(-c2sccc2Cl)cs1)C(C)(C)C)C(=O)NS(=O)(=O)C1CC1. The number of fused-ring (bicyclic) bond motifs is 1. The van der Waals surface area contributed by atoms with Crippen LogP contribution in [0, 0.1) is 22.7 Å². The van der Waals surface area contributed by atoms with E-state index in [1.807, 2.05) is 43.7 Å². The van der Waals surface area contributed by atoms with E-state index in [0.717, 1.165) is 21.0 Å². The van der Waals surface area contributed by atoms with Crippen LogP contribution in [0.1, 0.15) is 57.9 Å². The molecule has 2 amide bonds. The Kier molecular flexibility index (Phi) is 10.9. The van der Waals surface area contributed by atoms with Gasteiger partial charge < -0.3 is 14.4 Å². The third-order valence-corrected chi connectivity index (χ3v) is 15.2. The molecule has 2 saturated carbocycles. The monoisotopic (exact) mass is 844 g/mol. The number of aromatic nitrogens is 2. The van der Waals surface area contributed by atoms with Crippen molar-refractivity contribution in [1.29, 1.82) is 0 Å². The Labute approximate surface area is 338 Å². The highest BCUT2D eigenvalue weighted by molar-refractivity contribution is 7.90. The lowest BCUT2D eigenvalue weighted by molar-refractivity contribution is -0.144. The van der Waals surface area contributed by atoms with E-state index in [9.17, 15) is 22.8 Å². The van der Waals surface area contributed by atoms with Gasteiger partial charge in [-0.15, -0.1) is 29.3 Å². The minimum Gasteiger partial charge on any atom is -0.494 e. The fourth-order valence-electron chi connectivity index (χ4n) is 7.44. The summed E-state index contributed by atoms with van der Waals surface area (Å²) in [6.45, 7) is 9.87. The number of benzene rings is 1. The Bertz CT molecular complexity index is 2280. The quantitative estimate of drug-likeness (QED) is 0.126. The molecule has 7 rings (SSSR count). The van der Waals surface area contributed by atoms with Crippen LogP contribution in [0.2, 0.25) is 10.0 Å². The second kappa shape index (κ2) is 15.1. The topological polar surface area (TPSA) is 145 Å². The van der Waals surface area contributed by atoms with E-state index in [-0.39, 0.29) is 49.3 Å². The van der Waals surface area contributed by atoms with Crippen LogP contribution in [0.15, 0.2) is 53.9 Å². The van der Waals surface area contributed by atoms with Crippen LogP contribution < -0.4 is 14.2 Å². The van der Waals surface area contributed by atoms with Gasteiger partial charge in [0.1, 0.15) is 11.9 Å². The van der Waals surface area contributed by atoms with E-state index in [1.165, 1.54) is 22.7 Å². The van der Waals surface area contributed by atoms with Gasteiger partial charge in [-0.05, 0) is 60.2 Å². The number of amides is 2. The molecule has 0 unspecified atom stereocenters. The second-order valence-electron chi connectivity index (χ2n) is 15.7. The molecule has 4 aromatic rings. The first-order chi connectivity index (χ1) is 26.0. The van der Waals surface area contributed by atoms with E-state index >= 15 is 0 Å². The van der Waals surface area contributed by atoms with Crippen LogP contribution in [0.3, 0.4) is 0 Å². The third kappa shape index (κ3) is 8.03. The largest absolute Gasteiger partial charge is 0.494 e. The van der Waals surface area contributed by atoms with Gasteiger partial charge in [-0.1, -0.05) is 50.0 Å². The maximum absolute atomic E-state index is 14.9. The maximum Gasteiger partial charge on any atom is 0.240 e. The van der Waals surface area contributed by atoms with Gasteiger partial charge >= 0.3 is 0 Å². The van der Waals surface area contributed by atoms with Crippen molar-refractivity contribution in [1.82, 2.24) is 19.6 Å². The Morgan fingerprint density at radius 2 is 1.93 bits per heavy atom. The third-order valence-electron chi connectivity index (χ3n) is 10.9. The lowest BCUT2D eigenvalue weighted by Gasteiger charge is -2.35. The van der Waals surface area contributed by atoms with Gasteiger partial charge in [-0.25, -0.2) is 18.4 Å². The minimum absolute atomic E-state index is 0.0751. The lowest BCUT2D eigenvalue weighted by atomic mass is 9.77. The van der Waals surface area contributed by atoms with Crippen LogP contribution in [0.25, 0.3) is 21.3 Å². The number of carbonyl (C=O) groups is 3. The fraction of sp³-hybridized carbons (Fsp3) is 0.462. The van der Waals surface area contributed by atoms with E-state index in [0.29, 0.717) is 40.4 Å². The number of thiazole rings is 1. The molecule has 4 heterocycles. The predicted molar refractivity (Wildman–Crippen MR) is 215 cm³/mol. The summed E-state index contributed by atoms with van der Waals surface area (Å²) in [7, 11) is -2.30. The van der Waals surface area contributed by atoms with Crippen LogP contribution in [-0.4, -0.2) is 71.9 Å². The number of ether oxygens (including phenoxy) is 2. The van der Waals surface area contributed by atoms with Crippen molar-refractivity contribution in [2.24, 2.45) is 22.7 Å². The molecule has 0 bridgehead atoms. The molecular formula is C39H42Cl2N4O7S3. The van der Waals surface area contributed by atoms with Crippen molar-refractivity contribution in [2.45, 2.75) is 76.7 Å². The Morgan fingerprint density at radius 3 is 2.56 bits per heavy atom. The lowest BCUT2D eigenvalue weighted by Crippen LogP contribution is -2.48. The number of nitrogens with one attached hydrogen (secondary N) is 1. The highest BCUT2D eigenvalue weighted by Crippen LogP contribution is 2.57. The number of pyridine rings is 1. The van der Waals surface area contributed by atoms with Gasteiger partial charge in [0.05, 0.1) is 57.2 Å². The summed E-state index contributed by atoms with van der Waals surface area (Å²) in [6, 6.07) is 6.14. The smallest absolute Gasteiger partial charge is 0.240 e. The molecule has 3 fully saturated rings. The molecule has 1 aliphatic heterocycles. The van der Waals surface area contributed by atoms with E-state index < -0.39 is 50.1 Å². The number of hydrogen-bond donors (Lipinski definition) is 1. The molecule has 1 N–H and O–H groups in total. The molecule has 2 aliphatic carbocycles. The zero-order valence-corrected chi connectivity index (χ0v) is 34.8. The summed E-state index contributed by atoms with van der Waals surface area (Å²) in [6.07, 6.45) is 3.95. The van der Waals surface area contributed by atoms with E-state index in [2.05, 4.69) is 16.3 Å². The number of rotatable bonds is 14. The number of carbonyl (C=O) groups excluding carboxylic acids is 3. The van der Waals surface area contributed by atoms with E-state index in [4.69, 9.17) is 37.7 Å². The Morgan fingerprint density at radius 1 is 1.16 bits per heavy atom. The number of likely N-dealkylation sites (tertiary alicyclic amines) is 1. The Hall–Kier alpha value is -3.56. The first kappa shape index (κ1) is 39.7. The zero-order chi connectivity index (χ0) is 39.4. The molecule has 1 saturated heterocycles. The van der Waals surface area contributed by atoms with E-state index in [1.54, 1.807) is 36.4 Å².